The van der Waals surface area contributed by atoms with Crippen molar-refractivity contribution in [3.8, 4) is 0 Å². The zero-order valence-corrected chi connectivity index (χ0v) is 47.2. The average molecular weight is 1000 g/mol. The lowest BCUT2D eigenvalue weighted by Crippen LogP contribution is -2.30. The summed E-state index contributed by atoms with van der Waals surface area (Å²) in [6.07, 6.45) is 79.7. The highest BCUT2D eigenvalue weighted by molar-refractivity contribution is 5.71. The molecule has 6 nitrogen and oxygen atoms in total. The van der Waals surface area contributed by atoms with Crippen molar-refractivity contribution in [1.82, 2.24) is 0 Å². The molecule has 0 aliphatic rings. The highest BCUT2D eigenvalue weighted by Crippen LogP contribution is 2.15. The summed E-state index contributed by atoms with van der Waals surface area (Å²) >= 11 is 0. The zero-order valence-electron chi connectivity index (χ0n) is 47.2. The molecular weight excluding hydrogens is 889 g/mol. The molecule has 0 radical (unpaired) electrons. The predicted molar refractivity (Wildman–Crippen MR) is 311 cm³/mol. The van der Waals surface area contributed by atoms with Crippen molar-refractivity contribution in [2.45, 2.75) is 290 Å². The van der Waals surface area contributed by atoms with Crippen LogP contribution in [0, 0.1) is 0 Å². The Balaban J connectivity index is 4.37. The molecule has 0 aromatic heterocycles. The minimum atomic E-state index is -0.789. The van der Waals surface area contributed by atoms with Gasteiger partial charge in [0, 0.05) is 19.3 Å². The number of allylic oxidation sites excluding steroid dienone is 16. The molecule has 0 fully saturated rings. The first-order chi connectivity index (χ1) is 35.5. The lowest BCUT2D eigenvalue weighted by Gasteiger charge is -2.18. The van der Waals surface area contributed by atoms with Crippen LogP contribution in [-0.2, 0) is 28.6 Å². The van der Waals surface area contributed by atoms with E-state index in [1.807, 2.05) is 0 Å². The van der Waals surface area contributed by atoms with Crippen LogP contribution >= 0.6 is 0 Å². The summed E-state index contributed by atoms with van der Waals surface area (Å²) in [5, 5.41) is 0. The molecule has 412 valence electrons. The number of hydrogen-bond donors (Lipinski definition) is 0. The Morgan fingerprint density at radius 2 is 0.542 bits per heavy atom. The standard InChI is InChI=1S/C66H112O6/c1-4-7-10-13-16-19-22-25-27-29-31-32-33-34-36-37-39-41-44-47-50-53-56-59-65(68)71-62-63(61-70-64(67)58-55-52-49-46-43-24-21-18-15-12-9-6-3)72-66(69)60-57-54-51-48-45-42-40-38-35-30-28-26-23-20-17-14-11-8-5-2/h7,10,16-21,25-28,31-32,34,36,63H,4-6,8-9,11-15,22-24,29-30,33,35,37-62H2,1-3H3/b10-7-,19-16-,20-17-,21-18-,27-25-,28-26-,32-31-,36-34-. The summed E-state index contributed by atoms with van der Waals surface area (Å²) in [7, 11) is 0. The largest absolute Gasteiger partial charge is 0.462 e. The van der Waals surface area contributed by atoms with Crippen LogP contribution in [0.3, 0.4) is 0 Å². The molecular formula is C66H112O6. The average Bonchev–Trinajstić information content (AvgIpc) is 3.38. The molecule has 1 atom stereocenters. The minimum Gasteiger partial charge on any atom is -0.462 e. The van der Waals surface area contributed by atoms with E-state index in [9.17, 15) is 14.4 Å². The molecule has 1 unspecified atom stereocenters. The number of carbonyl (C=O) groups is 3. The maximum absolute atomic E-state index is 12.9. The van der Waals surface area contributed by atoms with Crippen LogP contribution in [0.2, 0.25) is 0 Å². The van der Waals surface area contributed by atoms with E-state index < -0.39 is 6.10 Å². The van der Waals surface area contributed by atoms with E-state index in [-0.39, 0.29) is 31.1 Å². The second-order valence-corrected chi connectivity index (χ2v) is 19.9. The van der Waals surface area contributed by atoms with Crippen LogP contribution in [0.5, 0.6) is 0 Å². The molecule has 0 saturated heterocycles. The van der Waals surface area contributed by atoms with Crippen molar-refractivity contribution in [2.24, 2.45) is 0 Å². The van der Waals surface area contributed by atoms with Gasteiger partial charge in [0.05, 0.1) is 0 Å². The Morgan fingerprint density at radius 1 is 0.292 bits per heavy atom. The van der Waals surface area contributed by atoms with Crippen molar-refractivity contribution in [3.63, 3.8) is 0 Å². The Morgan fingerprint density at radius 3 is 0.861 bits per heavy atom. The first-order valence-corrected chi connectivity index (χ1v) is 30.2. The van der Waals surface area contributed by atoms with E-state index in [1.165, 1.54) is 135 Å². The first-order valence-electron chi connectivity index (χ1n) is 30.2. The van der Waals surface area contributed by atoms with Crippen LogP contribution in [0.4, 0.5) is 0 Å². The minimum absolute atomic E-state index is 0.0870. The van der Waals surface area contributed by atoms with Crippen LogP contribution < -0.4 is 0 Å². The molecule has 0 aliphatic heterocycles. The van der Waals surface area contributed by atoms with Crippen molar-refractivity contribution in [3.05, 3.63) is 97.2 Å². The molecule has 0 N–H and O–H groups in total. The summed E-state index contributed by atoms with van der Waals surface area (Å²) in [5.74, 6) is -0.905. The summed E-state index contributed by atoms with van der Waals surface area (Å²) < 4.78 is 16.9. The maximum atomic E-state index is 12.9. The third kappa shape index (κ3) is 57.2. The molecule has 0 spiro atoms. The number of hydrogen-bond acceptors (Lipinski definition) is 6. The highest BCUT2D eigenvalue weighted by atomic mass is 16.6. The normalized spacial score (nSPS) is 12.8. The Hall–Kier alpha value is -3.67. The molecule has 0 amide bonds. The van der Waals surface area contributed by atoms with Gasteiger partial charge < -0.3 is 14.2 Å². The van der Waals surface area contributed by atoms with Crippen molar-refractivity contribution >= 4 is 17.9 Å². The predicted octanol–water partition coefficient (Wildman–Crippen LogP) is 20.5. The third-order valence-electron chi connectivity index (χ3n) is 12.8. The van der Waals surface area contributed by atoms with E-state index in [2.05, 4.69) is 118 Å². The number of esters is 3. The highest BCUT2D eigenvalue weighted by Gasteiger charge is 2.19. The molecule has 72 heavy (non-hydrogen) atoms. The molecule has 0 aliphatic carbocycles. The van der Waals surface area contributed by atoms with Crippen molar-refractivity contribution < 1.29 is 28.6 Å². The fourth-order valence-corrected chi connectivity index (χ4v) is 8.26. The topological polar surface area (TPSA) is 78.9 Å². The van der Waals surface area contributed by atoms with Crippen LogP contribution in [-0.4, -0.2) is 37.2 Å². The van der Waals surface area contributed by atoms with Gasteiger partial charge in [0.1, 0.15) is 13.2 Å². The van der Waals surface area contributed by atoms with Crippen LogP contribution in [0.1, 0.15) is 284 Å². The lowest BCUT2D eigenvalue weighted by atomic mass is 10.1. The molecule has 6 heteroatoms. The Kier molecular flexibility index (Phi) is 56.8. The molecule has 0 heterocycles. The number of rotatable bonds is 54. The summed E-state index contributed by atoms with van der Waals surface area (Å²) in [5.41, 5.74) is 0. The van der Waals surface area contributed by atoms with E-state index in [0.717, 1.165) is 109 Å². The SMILES string of the molecule is CC/C=C\C/C=C\C/C=C\C/C=C\C/C=C\CCCCCCCCCC(=O)OCC(COC(=O)CCCCCCC/C=C\CCCCC)OC(=O)CCCCCCCCCCC/C=C\C/C=C\CCCCC. The lowest BCUT2D eigenvalue weighted by molar-refractivity contribution is -0.167. The molecule has 0 saturated carbocycles. The van der Waals surface area contributed by atoms with Gasteiger partial charge in [-0.3, -0.25) is 14.4 Å². The third-order valence-corrected chi connectivity index (χ3v) is 12.8. The number of ether oxygens (including phenoxy) is 3. The van der Waals surface area contributed by atoms with Gasteiger partial charge >= 0.3 is 17.9 Å². The van der Waals surface area contributed by atoms with Gasteiger partial charge in [-0.05, 0) is 122 Å². The summed E-state index contributed by atoms with van der Waals surface area (Å²) in [6, 6.07) is 0. The fourth-order valence-electron chi connectivity index (χ4n) is 8.26. The molecule has 0 aromatic rings. The second-order valence-electron chi connectivity index (χ2n) is 19.9. The Bertz CT molecular complexity index is 1430. The second kappa shape index (κ2) is 59.9. The first kappa shape index (κ1) is 68.3. The molecule has 0 bridgehead atoms. The van der Waals surface area contributed by atoms with Gasteiger partial charge in [-0.2, -0.15) is 0 Å². The van der Waals surface area contributed by atoms with Gasteiger partial charge in [0.2, 0.25) is 0 Å². The maximum Gasteiger partial charge on any atom is 0.306 e. The van der Waals surface area contributed by atoms with Gasteiger partial charge in [-0.15, -0.1) is 0 Å². The van der Waals surface area contributed by atoms with Crippen molar-refractivity contribution in [2.75, 3.05) is 13.2 Å². The monoisotopic (exact) mass is 1000 g/mol. The van der Waals surface area contributed by atoms with E-state index in [1.54, 1.807) is 0 Å². The smallest absolute Gasteiger partial charge is 0.306 e. The van der Waals surface area contributed by atoms with Crippen LogP contribution in [0.15, 0.2) is 97.2 Å². The summed E-state index contributed by atoms with van der Waals surface area (Å²) in [4.78, 5) is 38.2. The molecule has 0 rings (SSSR count). The fraction of sp³-hybridized carbons (Fsp3) is 0.712. The van der Waals surface area contributed by atoms with Gasteiger partial charge in [-0.25, -0.2) is 0 Å². The van der Waals surface area contributed by atoms with Gasteiger partial charge in [0.15, 0.2) is 6.10 Å². The van der Waals surface area contributed by atoms with Gasteiger partial charge in [-0.1, -0.05) is 240 Å². The Labute approximate surface area is 445 Å². The van der Waals surface area contributed by atoms with E-state index >= 15 is 0 Å². The van der Waals surface area contributed by atoms with Crippen LogP contribution in [0.25, 0.3) is 0 Å². The number of carbonyl (C=O) groups excluding carboxylic acids is 3. The van der Waals surface area contributed by atoms with E-state index in [0.29, 0.717) is 19.3 Å². The quantitative estimate of drug-likeness (QED) is 0.0261. The number of unbranched alkanes of at least 4 members (excludes halogenated alkanes) is 27. The van der Waals surface area contributed by atoms with Crippen molar-refractivity contribution in [1.29, 1.82) is 0 Å². The summed E-state index contributed by atoms with van der Waals surface area (Å²) in [6.45, 7) is 6.47. The van der Waals surface area contributed by atoms with E-state index in [4.69, 9.17) is 14.2 Å². The molecule has 0 aromatic carbocycles. The zero-order chi connectivity index (χ0) is 52.2. The van der Waals surface area contributed by atoms with Gasteiger partial charge in [0.25, 0.3) is 0 Å².